The average Bonchev–Trinajstić information content (AvgIpc) is 2.88. The van der Waals surface area contributed by atoms with E-state index in [1.54, 1.807) is 17.5 Å². The predicted octanol–water partition coefficient (Wildman–Crippen LogP) is 3.59. The van der Waals surface area contributed by atoms with Crippen LogP contribution in [0.25, 0.3) is 0 Å². The van der Waals surface area contributed by atoms with Crippen molar-refractivity contribution in [3.8, 4) is 5.75 Å². The summed E-state index contributed by atoms with van der Waals surface area (Å²) in [5, 5.41) is 6.25. The molecule has 5 heteroatoms. The highest BCUT2D eigenvalue weighted by Crippen LogP contribution is 2.30. The highest BCUT2D eigenvalue weighted by Gasteiger charge is 2.08. The summed E-state index contributed by atoms with van der Waals surface area (Å²) < 4.78 is 6.85. The van der Waals surface area contributed by atoms with Crippen molar-refractivity contribution in [1.82, 2.24) is 10.3 Å². The third-order valence-corrected chi connectivity index (χ3v) is 3.82. The number of halogens is 1. The van der Waals surface area contributed by atoms with Crippen LogP contribution in [0.5, 0.6) is 5.75 Å². The zero-order chi connectivity index (χ0) is 12.8. The SMILES string of the molecule is CCNCc1cccc(Br)c1OCc1nccs1. The van der Waals surface area contributed by atoms with E-state index in [1.165, 1.54) is 0 Å². The molecule has 1 heterocycles. The van der Waals surface area contributed by atoms with Crippen molar-refractivity contribution < 1.29 is 4.74 Å². The fourth-order valence-electron chi connectivity index (χ4n) is 1.57. The molecule has 3 nitrogen and oxygen atoms in total. The first-order valence-corrected chi connectivity index (χ1v) is 7.47. The number of nitrogens with zero attached hydrogens (tertiary/aromatic N) is 1. The van der Waals surface area contributed by atoms with Gasteiger partial charge in [0.05, 0.1) is 4.47 Å². The highest BCUT2D eigenvalue weighted by molar-refractivity contribution is 9.10. The number of ether oxygens (including phenoxy) is 1. The lowest BCUT2D eigenvalue weighted by Crippen LogP contribution is -2.13. The maximum Gasteiger partial charge on any atom is 0.140 e. The Morgan fingerprint density at radius 3 is 3.06 bits per heavy atom. The van der Waals surface area contributed by atoms with E-state index in [4.69, 9.17) is 4.74 Å². The van der Waals surface area contributed by atoms with Gasteiger partial charge in [-0.05, 0) is 28.5 Å². The molecule has 96 valence electrons. The van der Waals surface area contributed by atoms with Gasteiger partial charge in [0.15, 0.2) is 0 Å². The van der Waals surface area contributed by atoms with Gasteiger partial charge in [-0.15, -0.1) is 11.3 Å². The van der Waals surface area contributed by atoms with E-state index >= 15 is 0 Å². The van der Waals surface area contributed by atoms with Crippen molar-refractivity contribution in [2.75, 3.05) is 6.54 Å². The van der Waals surface area contributed by atoms with Gasteiger partial charge in [-0.2, -0.15) is 0 Å². The van der Waals surface area contributed by atoms with Gasteiger partial charge in [0.2, 0.25) is 0 Å². The van der Waals surface area contributed by atoms with Crippen LogP contribution in [0.1, 0.15) is 17.5 Å². The molecule has 0 atom stereocenters. The van der Waals surface area contributed by atoms with Crippen LogP contribution in [0.2, 0.25) is 0 Å². The van der Waals surface area contributed by atoms with Crippen molar-refractivity contribution in [2.24, 2.45) is 0 Å². The smallest absolute Gasteiger partial charge is 0.140 e. The third kappa shape index (κ3) is 3.54. The first-order chi connectivity index (χ1) is 8.81. The Kier molecular flexibility index (Phi) is 5.16. The molecule has 0 bridgehead atoms. The second-order valence-electron chi connectivity index (χ2n) is 3.72. The van der Waals surface area contributed by atoms with E-state index in [1.807, 2.05) is 17.5 Å². The Bertz CT molecular complexity index is 488. The summed E-state index contributed by atoms with van der Waals surface area (Å²) in [6, 6.07) is 6.09. The normalized spacial score (nSPS) is 10.6. The number of nitrogens with one attached hydrogen (secondary N) is 1. The van der Waals surface area contributed by atoms with Gasteiger partial charge in [-0.25, -0.2) is 4.98 Å². The Morgan fingerprint density at radius 2 is 2.33 bits per heavy atom. The molecule has 1 aromatic heterocycles. The summed E-state index contributed by atoms with van der Waals surface area (Å²) in [5.74, 6) is 0.897. The molecule has 0 aliphatic carbocycles. The second-order valence-corrected chi connectivity index (χ2v) is 5.56. The van der Waals surface area contributed by atoms with E-state index < -0.39 is 0 Å². The summed E-state index contributed by atoms with van der Waals surface area (Å²) >= 11 is 5.14. The van der Waals surface area contributed by atoms with Gasteiger partial charge in [0.25, 0.3) is 0 Å². The van der Waals surface area contributed by atoms with Crippen LogP contribution >= 0.6 is 27.3 Å². The number of benzene rings is 1. The van der Waals surface area contributed by atoms with Crippen LogP contribution < -0.4 is 10.1 Å². The molecule has 0 aliphatic heterocycles. The Morgan fingerprint density at radius 1 is 1.44 bits per heavy atom. The molecule has 0 saturated carbocycles. The first kappa shape index (κ1) is 13.5. The topological polar surface area (TPSA) is 34.1 Å². The van der Waals surface area contributed by atoms with Crippen LogP contribution in [0, 0.1) is 0 Å². The molecule has 0 saturated heterocycles. The van der Waals surface area contributed by atoms with E-state index in [2.05, 4.69) is 39.2 Å². The number of aromatic nitrogens is 1. The average molecular weight is 327 g/mol. The third-order valence-electron chi connectivity index (χ3n) is 2.44. The summed E-state index contributed by atoms with van der Waals surface area (Å²) in [7, 11) is 0. The summed E-state index contributed by atoms with van der Waals surface area (Å²) in [6.45, 7) is 4.36. The molecular formula is C13H15BrN2OS. The molecule has 18 heavy (non-hydrogen) atoms. The molecule has 1 aromatic carbocycles. The highest BCUT2D eigenvalue weighted by atomic mass is 79.9. The van der Waals surface area contributed by atoms with Gasteiger partial charge in [0, 0.05) is 23.7 Å². The van der Waals surface area contributed by atoms with Crippen molar-refractivity contribution in [2.45, 2.75) is 20.1 Å². The summed E-state index contributed by atoms with van der Waals surface area (Å²) in [4.78, 5) is 4.22. The van der Waals surface area contributed by atoms with Crippen LogP contribution in [-0.2, 0) is 13.2 Å². The molecule has 2 aromatic rings. The molecule has 2 rings (SSSR count). The monoisotopic (exact) mass is 326 g/mol. The molecule has 0 fully saturated rings. The molecule has 0 radical (unpaired) electrons. The van der Waals surface area contributed by atoms with E-state index in [-0.39, 0.29) is 0 Å². The van der Waals surface area contributed by atoms with Gasteiger partial charge in [-0.1, -0.05) is 19.1 Å². The maximum absolute atomic E-state index is 5.87. The van der Waals surface area contributed by atoms with Crippen molar-refractivity contribution >= 4 is 27.3 Å². The largest absolute Gasteiger partial charge is 0.485 e. The Balaban J connectivity index is 2.09. The van der Waals surface area contributed by atoms with Crippen LogP contribution in [0.15, 0.2) is 34.2 Å². The van der Waals surface area contributed by atoms with E-state index in [9.17, 15) is 0 Å². The molecule has 0 aliphatic rings. The number of hydrogen-bond acceptors (Lipinski definition) is 4. The molecule has 0 amide bonds. The fraction of sp³-hybridized carbons (Fsp3) is 0.308. The van der Waals surface area contributed by atoms with Crippen molar-refractivity contribution in [1.29, 1.82) is 0 Å². The van der Waals surface area contributed by atoms with Gasteiger partial charge in [-0.3, -0.25) is 0 Å². The minimum atomic E-state index is 0.513. The molecule has 0 spiro atoms. The lowest BCUT2D eigenvalue weighted by Gasteiger charge is -2.12. The predicted molar refractivity (Wildman–Crippen MR) is 78.0 cm³/mol. The van der Waals surface area contributed by atoms with Gasteiger partial charge < -0.3 is 10.1 Å². The zero-order valence-electron chi connectivity index (χ0n) is 10.1. The number of thiazole rings is 1. The quantitative estimate of drug-likeness (QED) is 0.880. The van der Waals surface area contributed by atoms with Crippen LogP contribution in [0.3, 0.4) is 0 Å². The Hall–Kier alpha value is -0.910. The second kappa shape index (κ2) is 6.87. The minimum absolute atomic E-state index is 0.513. The van der Waals surface area contributed by atoms with Crippen molar-refractivity contribution in [3.05, 3.63) is 44.8 Å². The van der Waals surface area contributed by atoms with Crippen molar-refractivity contribution in [3.63, 3.8) is 0 Å². The minimum Gasteiger partial charge on any atom is -0.485 e. The fourth-order valence-corrected chi connectivity index (χ4v) is 2.62. The van der Waals surface area contributed by atoms with Gasteiger partial charge >= 0.3 is 0 Å². The molecule has 0 unspecified atom stereocenters. The van der Waals surface area contributed by atoms with Crippen LogP contribution in [0.4, 0.5) is 0 Å². The number of rotatable bonds is 6. The van der Waals surface area contributed by atoms with E-state index in [0.29, 0.717) is 6.61 Å². The first-order valence-electron chi connectivity index (χ1n) is 5.80. The standard InChI is InChI=1S/C13H15BrN2OS/c1-2-15-8-10-4-3-5-11(14)13(10)17-9-12-16-6-7-18-12/h3-7,15H,2,8-9H2,1H3. The summed E-state index contributed by atoms with van der Waals surface area (Å²) in [5.41, 5.74) is 1.16. The number of hydrogen-bond donors (Lipinski definition) is 1. The Labute approximate surface area is 119 Å². The van der Waals surface area contributed by atoms with Crippen LogP contribution in [-0.4, -0.2) is 11.5 Å². The lowest BCUT2D eigenvalue weighted by atomic mass is 10.2. The van der Waals surface area contributed by atoms with E-state index in [0.717, 1.165) is 33.9 Å². The maximum atomic E-state index is 5.87. The zero-order valence-corrected chi connectivity index (χ0v) is 12.6. The number of para-hydroxylation sites is 1. The summed E-state index contributed by atoms with van der Waals surface area (Å²) in [6.07, 6.45) is 1.79. The molecule has 1 N–H and O–H groups in total. The molecular weight excluding hydrogens is 312 g/mol. The van der Waals surface area contributed by atoms with Gasteiger partial charge in [0.1, 0.15) is 17.4 Å². The lowest BCUT2D eigenvalue weighted by molar-refractivity contribution is 0.299.